The van der Waals surface area contributed by atoms with Crippen LogP contribution >= 0.6 is 11.6 Å². The molecule has 0 aliphatic rings. The maximum absolute atomic E-state index is 15.0. The molecule has 0 aliphatic carbocycles. The number of anilines is 2. The second-order valence-electron chi connectivity index (χ2n) is 9.05. The molecule has 0 atom stereocenters. The predicted octanol–water partition coefficient (Wildman–Crippen LogP) is 8.53. The van der Waals surface area contributed by atoms with Crippen LogP contribution in [0.1, 0.15) is 16.1 Å². The third kappa shape index (κ3) is 4.95. The van der Waals surface area contributed by atoms with Gasteiger partial charge in [-0.2, -0.15) is 5.10 Å². The molecule has 1 heterocycles. The Labute approximate surface area is 235 Å². The zero-order valence-electron chi connectivity index (χ0n) is 21.3. The molecule has 0 spiro atoms. The van der Waals surface area contributed by atoms with Crippen molar-refractivity contribution in [3.63, 3.8) is 0 Å². The van der Waals surface area contributed by atoms with Crippen LogP contribution in [0.5, 0.6) is 0 Å². The Morgan fingerprint density at radius 1 is 0.732 bits per heavy atom. The summed E-state index contributed by atoms with van der Waals surface area (Å²) in [5.74, 6) is -9.18. The van der Waals surface area contributed by atoms with Gasteiger partial charge in [-0.25, -0.2) is 26.3 Å². The molecule has 208 valence electrons. The molecule has 0 saturated heterocycles. The molecule has 0 fully saturated rings. The summed E-state index contributed by atoms with van der Waals surface area (Å²) in [5, 5.41) is 4.14. The average molecular weight is 586 g/mol. The van der Waals surface area contributed by atoms with Crippen LogP contribution in [-0.4, -0.2) is 15.7 Å². The highest BCUT2D eigenvalue weighted by molar-refractivity contribution is 6.34. The second kappa shape index (κ2) is 10.8. The Morgan fingerprint density at radius 3 is 1.85 bits per heavy atom. The number of para-hydroxylation sites is 2. The number of benzene rings is 4. The van der Waals surface area contributed by atoms with Gasteiger partial charge in [-0.05, 0) is 42.8 Å². The van der Waals surface area contributed by atoms with Gasteiger partial charge in [0.05, 0.1) is 17.1 Å². The highest BCUT2D eigenvalue weighted by Crippen LogP contribution is 2.42. The fourth-order valence-electron chi connectivity index (χ4n) is 4.58. The van der Waals surface area contributed by atoms with Crippen molar-refractivity contribution in [3.05, 3.63) is 124 Å². The molecule has 0 bridgehead atoms. The maximum Gasteiger partial charge on any atom is 0.267 e. The van der Waals surface area contributed by atoms with E-state index in [-0.39, 0.29) is 50.0 Å². The Balaban J connectivity index is 1.83. The van der Waals surface area contributed by atoms with E-state index in [1.807, 2.05) is 0 Å². The van der Waals surface area contributed by atoms with E-state index in [9.17, 15) is 26.7 Å². The predicted molar refractivity (Wildman–Crippen MR) is 143 cm³/mol. The summed E-state index contributed by atoms with van der Waals surface area (Å²) in [6.07, 6.45) is 0. The smallest absolute Gasteiger partial charge is 0.267 e. The molecule has 0 saturated carbocycles. The van der Waals surface area contributed by atoms with Crippen LogP contribution in [0.3, 0.4) is 0 Å². The second-order valence-corrected chi connectivity index (χ2v) is 9.41. The Morgan fingerprint density at radius 2 is 1.27 bits per heavy atom. The molecule has 1 aromatic heterocycles. The zero-order valence-corrected chi connectivity index (χ0v) is 22.1. The monoisotopic (exact) mass is 585 g/mol. The van der Waals surface area contributed by atoms with Crippen LogP contribution in [0.2, 0.25) is 5.15 Å². The first-order valence-electron chi connectivity index (χ1n) is 12.0. The minimum absolute atomic E-state index is 0.00256. The summed E-state index contributed by atoms with van der Waals surface area (Å²) in [6.45, 7) is 1.54. The number of halogens is 7. The lowest BCUT2D eigenvalue weighted by molar-refractivity contribution is 0.0999. The quantitative estimate of drug-likeness (QED) is 0.118. The molecule has 11 heteroatoms. The summed E-state index contributed by atoms with van der Waals surface area (Å²) in [7, 11) is 1.51. The van der Waals surface area contributed by atoms with E-state index >= 15 is 4.39 Å². The third-order valence-electron chi connectivity index (χ3n) is 6.45. The molecule has 0 N–H and O–H groups in total. The first-order chi connectivity index (χ1) is 19.5. The molecule has 5 rings (SSSR count). The van der Waals surface area contributed by atoms with Crippen molar-refractivity contribution in [2.24, 2.45) is 7.05 Å². The van der Waals surface area contributed by atoms with Crippen LogP contribution in [0.25, 0.3) is 22.3 Å². The number of aryl methyl sites for hydroxylation is 2. The fraction of sp³-hybridized carbons (Fsp3) is 0.0667. The average Bonchev–Trinajstić information content (AvgIpc) is 3.20. The minimum atomic E-state index is -1.67. The van der Waals surface area contributed by atoms with Crippen LogP contribution in [0, 0.1) is 41.8 Å². The van der Waals surface area contributed by atoms with E-state index in [1.165, 1.54) is 67.2 Å². The Bertz CT molecular complexity index is 1810. The van der Waals surface area contributed by atoms with Crippen molar-refractivity contribution >= 4 is 28.9 Å². The van der Waals surface area contributed by atoms with E-state index in [2.05, 4.69) is 5.10 Å². The van der Waals surface area contributed by atoms with Gasteiger partial charge in [0.15, 0.2) is 29.1 Å². The summed E-state index contributed by atoms with van der Waals surface area (Å²) in [6, 6.07) is 14.4. The van der Waals surface area contributed by atoms with Crippen molar-refractivity contribution in [1.82, 2.24) is 9.78 Å². The molecular formula is C30H18ClF6N3O. The molecule has 1 amide bonds. The summed E-state index contributed by atoms with van der Waals surface area (Å²) in [4.78, 5) is 15.4. The van der Waals surface area contributed by atoms with Crippen LogP contribution in [0.15, 0.2) is 72.8 Å². The number of aromatic nitrogens is 2. The van der Waals surface area contributed by atoms with E-state index < -0.39 is 40.8 Å². The van der Waals surface area contributed by atoms with E-state index in [1.54, 1.807) is 0 Å². The lowest BCUT2D eigenvalue weighted by atomic mass is 9.98. The molecule has 4 aromatic carbocycles. The van der Waals surface area contributed by atoms with Crippen LogP contribution in [-0.2, 0) is 7.05 Å². The number of amides is 1. The number of carbonyl (C=O) groups excluding carboxylic acids is 1. The lowest BCUT2D eigenvalue weighted by Gasteiger charge is -2.28. The lowest BCUT2D eigenvalue weighted by Crippen LogP contribution is -2.28. The first kappa shape index (κ1) is 28.0. The van der Waals surface area contributed by atoms with E-state index in [0.29, 0.717) is 12.1 Å². The Kier molecular flexibility index (Phi) is 7.35. The largest absolute Gasteiger partial charge is 0.276 e. The van der Waals surface area contributed by atoms with Gasteiger partial charge < -0.3 is 0 Å². The van der Waals surface area contributed by atoms with Crippen LogP contribution in [0.4, 0.5) is 37.7 Å². The zero-order chi connectivity index (χ0) is 29.6. The molecule has 5 aromatic rings. The highest BCUT2D eigenvalue weighted by Gasteiger charge is 2.31. The van der Waals surface area contributed by atoms with Crippen LogP contribution < -0.4 is 4.90 Å². The van der Waals surface area contributed by atoms with Crippen molar-refractivity contribution in [2.75, 3.05) is 4.90 Å². The van der Waals surface area contributed by atoms with Crippen molar-refractivity contribution in [1.29, 1.82) is 0 Å². The van der Waals surface area contributed by atoms with Gasteiger partial charge in [-0.3, -0.25) is 14.4 Å². The molecule has 0 unspecified atom stereocenters. The Hall–Kier alpha value is -4.57. The number of hydrogen-bond donors (Lipinski definition) is 0. The van der Waals surface area contributed by atoms with E-state index in [0.717, 1.165) is 17.0 Å². The van der Waals surface area contributed by atoms with Gasteiger partial charge in [0.25, 0.3) is 5.91 Å². The van der Waals surface area contributed by atoms with Crippen molar-refractivity contribution < 1.29 is 31.1 Å². The van der Waals surface area contributed by atoms with Gasteiger partial charge >= 0.3 is 0 Å². The first-order valence-corrected chi connectivity index (χ1v) is 12.4. The third-order valence-corrected chi connectivity index (χ3v) is 6.89. The SMILES string of the molecule is Cc1nn(C)c(Cl)c1C(=O)N(c1ccccc1-c1cc(F)c(F)c(F)c1)c1ccccc1-c1cc(F)c(F)cc1F. The van der Waals surface area contributed by atoms with Crippen molar-refractivity contribution in [3.8, 4) is 22.3 Å². The minimum Gasteiger partial charge on any atom is -0.276 e. The topological polar surface area (TPSA) is 38.1 Å². The molecular weight excluding hydrogens is 568 g/mol. The summed E-state index contributed by atoms with van der Waals surface area (Å²) in [5.41, 5.74) is -0.155. The molecule has 4 nitrogen and oxygen atoms in total. The van der Waals surface area contributed by atoms with Gasteiger partial charge in [0.2, 0.25) is 0 Å². The standard InChI is InChI=1S/C30H18ClF6N3O/c1-15-27(29(31)39(2)38-15)30(41)40(25-9-5-3-7-17(25)16-11-23(35)28(37)24(36)12-16)26-10-6-4-8-18(26)19-13-21(33)22(34)14-20(19)32/h3-14H,1-2H3. The van der Waals surface area contributed by atoms with Crippen molar-refractivity contribution in [2.45, 2.75) is 6.92 Å². The van der Waals surface area contributed by atoms with E-state index in [4.69, 9.17) is 11.6 Å². The maximum atomic E-state index is 15.0. The summed E-state index contributed by atoms with van der Waals surface area (Å²) >= 11 is 6.42. The number of rotatable bonds is 5. The fourth-order valence-corrected chi connectivity index (χ4v) is 4.84. The molecule has 0 radical (unpaired) electrons. The number of nitrogens with zero attached hydrogens (tertiary/aromatic N) is 3. The van der Waals surface area contributed by atoms with Gasteiger partial charge in [0.1, 0.15) is 16.5 Å². The highest BCUT2D eigenvalue weighted by atomic mass is 35.5. The van der Waals surface area contributed by atoms with Gasteiger partial charge in [-0.15, -0.1) is 0 Å². The van der Waals surface area contributed by atoms with Gasteiger partial charge in [0, 0.05) is 29.8 Å². The number of hydrogen-bond acceptors (Lipinski definition) is 2. The molecule has 0 aliphatic heterocycles. The van der Waals surface area contributed by atoms with Gasteiger partial charge in [-0.1, -0.05) is 48.0 Å². The summed E-state index contributed by atoms with van der Waals surface area (Å²) < 4.78 is 86.7. The normalized spacial score (nSPS) is 11.1. The number of carbonyl (C=O) groups is 1. The molecule has 41 heavy (non-hydrogen) atoms.